The Morgan fingerprint density at radius 1 is 1.30 bits per heavy atom. The first-order valence-corrected chi connectivity index (χ1v) is 9.90. The molecule has 0 radical (unpaired) electrons. The molecule has 133 valence electrons. The van der Waals surface area contributed by atoms with Crippen molar-refractivity contribution in [3.8, 4) is 5.75 Å². The van der Waals surface area contributed by atoms with Crippen molar-refractivity contribution in [3.05, 3.63) is 42.5 Å². The predicted molar refractivity (Wildman–Crippen MR) is 86.0 cm³/mol. The van der Waals surface area contributed by atoms with Gasteiger partial charge in [0.1, 0.15) is 11.3 Å². The van der Waals surface area contributed by atoms with Gasteiger partial charge in [-0.1, -0.05) is 37.8 Å². The van der Waals surface area contributed by atoms with Gasteiger partial charge in [0, 0.05) is 6.92 Å². The van der Waals surface area contributed by atoms with E-state index >= 15 is 0 Å². The Bertz CT molecular complexity index is 489. The average Bonchev–Trinajstić information content (AvgIpc) is 2.52. The topological polar surface area (TPSA) is 87.4 Å². The number of carboxylic acids is 1. The number of aromatic carboxylic acids is 1. The van der Waals surface area contributed by atoms with Gasteiger partial charge in [-0.2, -0.15) is 12.0 Å². The summed E-state index contributed by atoms with van der Waals surface area (Å²) in [6, 6.07) is 6.12. The molecule has 2 N–H and O–H groups in total. The van der Waals surface area contributed by atoms with Crippen molar-refractivity contribution < 1.29 is 38.2 Å². The van der Waals surface area contributed by atoms with Crippen molar-refractivity contribution in [3.63, 3.8) is 0 Å². The number of carboxylic acid groups (broad SMARTS) is 1. The zero-order valence-corrected chi connectivity index (χ0v) is 15.9. The maximum atomic E-state index is 10.6. The molecule has 5 nitrogen and oxygen atoms in total. The summed E-state index contributed by atoms with van der Waals surface area (Å²) in [4.78, 5) is 21.2. The minimum absolute atomic E-state index is 0.0160. The second-order valence-electron chi connectivity index (χ2n) is 5.05. The molecule has 2 atom stereocenters. The van der Waals surface area contributed by atoms with Crippen molar-refractivity contribution in [2.75, 3.05) is 0 Å². The van der Waals surface area contributed by atoms with E-state index < -0.39 is 11.9 Å². The van der Waals surface area contributed by atoms with E-state index in [0.717, 1.165) is 6.42 Å². The molecular weight excluding hydrogens is 501 g/mol. The fraction of sp³-hybridized carbons (Fsp3) is 0.438. The van der Waals surface area contributed by atoms with Crippen molar-refractivity contribution >= 4 is 21.4 Å². The number of hydrogen-bond donors (Lipinski definition) is 1. The molecule has 23 heavy (non-hydrogen) atoms. The number of carbonyl (C=O) groups excluding carboxylic acids is 1. The molecule has 7 heteroatoms. The van der Waals surface area contributed by atoms with Gasteiger partial charge in [-0.25, -0.2) is 4.79 Å². The van der Waals surface area contributed by atoms with E-state index in [2.05, 4.69) is 21.1 Å². The zero-order valence-electron chi connectivity index (χ0n) is 12.9. The van der Waals surface area contributed by atoms with E-state index in [1.807, 2.05) is 0 Å². The van der Waals surface area contributed by atoms with E-state index in [4.69, 9.17) is 10.8 Å². The first-order valence-electron chi connectivity index (χ1n) is 7.08. The Morgan fingerprint density at radius 2 is 1.87 bits per heavy atom. The molecule has 1 fully saturated rings. The fourth-order valence-corrected chi connectivity index (χ4v) is 2.09. The van der Waals surface area contributed by atoms with Gasteiger partial charge < -0.3 is 22.5 Å². The molecule has 2 rings (SSSR count). The van der Waals surface area contributed by atoms with Gasteiger partial charge in [0.05, 0.1) is 0 Å². The number of esters is 1. The predicted octanol–water partition coefficient (Wildman–Crippen LogP) is 4.43. The third kappa shape index (κ3) is 9.09. The third-order valence-corrected chi connectivity index (χ3v) is 3.28. The summed E-state index contributed by atoms with van der Waals surface area (Å²) in [7, 11) is 4.61. The standard InChI is InChI=1S/C9H8O4.C7H13N.ClH.Pt/c1-6(10)13-8-5-3-2-4-7(8)9(11)12;1-6-4-2-3-5-7(6)8;;/h2-5H,1H3,(H,11,12);6-8H,1-5H2;1H;/q;-2;;+1/p-1. The Balaban J connectivity index is 0.000000414. The van der Waals surface area contributed by atoms with Crippen LogP contribution < -0.4 is 4.74 Å². The van der Waals surface area contributed by atoms with Crippen LogP contribution in [0.2, 0.25) is 0 Å². The first-order chi connectivity index (χ1) is 10.9. The summed E-state index contributed by atoms with van der Waals surface area (Å²) < 4.78 is 4.69. The van der Waals surface area contributed by atoms with Gasteiger partial charge in [-0.05, 0) is 12.1 Å². The van der Waals surface area contributed by atoms with Crippen LogP contribution in [0.3, 0.4) is 0 Å². The zero-order chi connectivity index (χ0) is 17.8. The van der Waals surface area contributed by atoms with Gasteiger partial charge >= 0.3 is 40.1 Å². The number of nitrogens with one attached hydrogen (secondary N) is 1. The van der Waals surface area contributed by atoms with Gasteiger partial charge in [0.25, 0.3) is 0 Å². The molecule has 0 amide bonds. The Morgan fingerprint density at radius 3 is 2.30 bits per heavy atom. The molecule has 2 unspecified atom stereocenters. The monoisotopic (exact) mass is 521 g/mol. The van der Waals surface area contributed by atoms with E-state index in [1.165, 1.54) is 38.3 Å². The van der Waals surface area contributed by atoms with E-state index in [9.17, 15) is 9.59 Å². The number of para-hydroxylation sites is 1. The number of rotatable bonds is 2. The molecule has 0 aromatic heterocycles. The number of hydrogen-bond acceptors (Lipinski definition) is 3. The van der Waals surface area contributed by atoms with Crippen LogP contribution in [-0.2, 0) is 23.6 Å². The Hall–Kier alpha value is -0.902. The minimum atomic E-state index is -1.11. The third-order valence-electron chi connectivity index (χ3n) is 3.28. The van der Waals surface area contributed by atoms with E-state index in [-0.39, 0.29) is 17.4 Å². The summed E-state index contributed by atoms with van der Waals surface area (Å²) in [5.41, 5.74) is 7.40. The molecule has 1 aliphatic rings. The van der Waals surface area contributed by atoms with Crippen LogP contribution in [0.25, 0.3) is 5.73 Å². The van der Waals surface area contributed by atoms with Crippen LogP contribution in [0.1, 0.15) is 43.0 Å². The van der Waals surface area contributed by atoms with Gasteiger partial charge in [-0.15, -0.1) is 0 Å². The second kappa shape index (κ2) is 12.5. The molecule has 0 heterocycles. The number of halogens is 1. The SMILES string of the molecule is CC(=O)Oc1ccccc1C(=O)O.[CH2-]C1CCCCC1[NH-].[Cl][Pt]. The van der Waals surface area contributed by atoms with Crippen LogP contribution >= 0.6 is 9.42 Å². The van der Waals surface area contributed by atoms with Crippen molar-refractivity contribution in [1.29, 1.82) is 0 Å². The van der Waals surface area contributed by atoms with Crippen LogP contribution in [0, 0.1) is 12.8 Å². The molecule has 1 aromatic rings. The Labute approximate surface area is 152 Å². The van der Waals surface area contributed by atoms with Crippen molar-refractivity contribution in [2.45, 2.75) is 38.6 Å². The summed E-state index contributed by atoms with van der Waals surface area (Å²) >= 11 is 1.61. The Kier molecular flexibility index (Phi) is 12.0. The average molecular weight is 522 g/mol. The summed E-state index contributed by atoms with van der Waals surface area (Å²) in [5, 5.41) is 8.69. The maximum absolute atomic E-state index is 10.6. The van der Waals surface area contributed by atoms with Gasteiger partial charge in [-0.3, -0.25) is 4.79 Å². The molecule has 0 aliphatic heterocycles. The normalized spacial score (nSPS) is 19.4. The molecular formula is C16H21ClNO4Pt-2. The summed E-state index contributed by atoms with van der Waals surface area (Å²) in [6.07, 6.45) is 4.80. The van der Waals surface area contributed by atoms with Crippen LogP contribution in [0.4, 0.5) is 0 Å². The molecule has 0 bridgehead atoms. The number of benzene rings is 1. The fourth-order valence-electron chi connectivity index (χ4n) is 2.09. The van der Waals surface area contributed by atoms with Crippen molar-refractivity contribution in [1.82, 2.24) is 0 Å². The molecule has 0 spiro atoms. The molecule has 0 saturated heterocycles. The summed E-state index contributed by atoms with van der Waals surface area (Å²) in [5.74, 6) is -1.16. The summed E-state index contributed by atoms with van der Waals surface area (Å²) in [6.45, 7) is 5.11. The molecule has 1 aromatic carbocycles. The molecule has 1 aliphatic carbocycles. The first kappa shape index (κ1) is 22.1. The van der Waals surface area contributed by atoms with Crippen LogP contribution in [0.5, 0.6) is 5.75 Å². The molecule has 1 saturated carbocycles. The van der Waals surface area contributed by atoms with Crippen molar-refractivity contribution in [2.24, 2.45) is 5.92 Å². The second-order valence-corrected chi connectivity index (χ2v) is 5.05. The van der Waals surface area contributed by atoms with Gasteiger partial charge in [0.15, 0.2) is 0 Å². The quantitative estimate of drug-likeness (QED) is 0.354. The number of ether oxygens (including phenoxy) is 1. The van der Waals surface area contributed by atoms with Gasteiger partial charge in [0.2, 0.25) is 0 Å². The van der Waals surface area contributed by atoms with Crippen LogP contribution in [0.15, 0.2) is 24.3 Å². The van der Waals surface area contributed by atoms with E-state index in [1.54, 1.807) is 30.9 Å². The number of carbonyl (C=O) groups is 2. The van der Waals surface area contributed by atoms with Crippen LogP contribution in [-0.4, -0.2) is 23.1 Å². The van der Waals surface area contributed by atoms with E-state index in [0.29, 0.717) is 5.92 Å².